The maximum Gasteiger partial charge on any atom is 0.407 e. The molecule has 0 aromatic heterocycles. The minimum Gasteiger partial charge on any atom is -0.441 e. The summed E-state index contributed by atoms with van der Waals surface area (Å²) < 4.78 is 5.53. The first-order valence-corrected chi connectivity index (χ1v) is 7.80. The molecule has 0 bridgehead atoms. The number of halogens is 1. The van der Waals surface area contributed by atoms with E-state index in [0.29, 0.717) is 11.4 Å². The fourth-order valence-corrected chi connectivity index (χ4v) is 2.94. The second kappa shape index (κ2) is 7.53. The molecule has 1 unspecified atom stereocenters. The van der Waals surface area contributed by atoms with Gasteiger partial charge in [-0.15, -0.1) is 0 Å². The van der Waals surface area contributed by atoms with Gasteiger partial charge >= 0.3 is 6.09 Å². The molecule has 3 nitrogen and oxygen atoms in total. The van der Waals surface area contributed by atoms with Crippen LogP contribution in [0.3, 0.4) is 0 Å². The summed E-state index contributed by atoms with van der Waals surface area (Å²) >= 11 is 6.16. The maximum absolute atomic E-state index is 12.0. The first-order valence-electron chi connectivity index (χ1n) is 7.42. The largest absolute Gasteiger partial charge is 0.441 e. The fraction of sp³-hybridized carbons (Fsp3) is 0.562. The van der Waals surface area contributed by atoms with E-state index >= 15 is 0 Å². The molecule has 0 saturated heterocycles. The molecule has 0 aliphatic heterocycles. The minimum absolute atomic E-state index is 0.264. The molecule has 1 N–H and O–H groups in total. The lowest BCUT2D eigenvalue weighted by molar-refractivity contribution is 0.0905. The SMILES string of the molecule is CCC(OC(=O)NC1CCCCC1)c1ccccc1Cl. The van der Waals surface area contributed by atoms with Gasteiger partial charge in [0.1, 0.15) is 6.10 Å². The number of amides is 1. The lowest BCUT2D eigenvalue weighted by Gasteiger charge is -2.24. The van der Waals surface area contributed by atoms with E-state index in [-0.39, 0.29) is 18.2 Å². The van der Waals surface area contributed by atoms with Crippen LogP contribution in [0.1, 0.15) is 57.1 Å². The van der Waals surface area contributed by atoms with E-state index in [0.717, 1.165) is 18.4 Å². The van der Waals surface area contributed by atoms with E-state index in [2.05, 4.69) is 5.32 Å². The predicted octanol–water partition coefficient (Wildman–Crippen LogP) is 4.85. The quantitative estimate of drug-likeness (QED) is 0.862. The van der Waals surface area contributed by atoms with Crippen molar-refractivity contribution in [3.8, 4) is 0 Å². The second-order valence-electron chi connectivity index (χ2n) is 5.30. The number of alkyl carbamates (subject to hydrolysis) is 1. The Morgan fingerprint density at radius 3 is 2.70 bits per heavy atom. The number of carbonyl (C=O) groups excluding carboxylic acids is 1. The highest BCUT2D eigenvalue weighted by molar-refractivity contribution is 6.31. The van der Waals surface area contributed by atoms with Gasteiger partial charge in [0.25, 0.3) is 0 Å². The zero-order valence-corrected chi connectivity index (χ0v) is 12.7. The van der Waals surface area contributed by atoms with Crippen molar-refractivity contribution in [1.82, 2.24) is 5.32 Å². The van der Waals surface area contributed by atoms with Gasteiger partial charge in [0.15, 0.2) is 0 Å². The Labute approximate surface area is 125 Å². The van der Waals surface area contributed by atoms with Gasteiger partial charge in [0, 0.05) is 16.6 Å². The third kappa shape index (κ3) is 4.14. The Morgan fingerprint density at radius 2 is 2.05 bits per heavy atom. The van der Waals surface area contributed by atoms with Gasteiger partial charge in [-0.2, -0.15) is 0 Å². The van der Waals surface area contributed by atoms with Gasteiger partial charge in [-0.05, 0) is 25.3 Å². The summed E-state index contributed by atoms with van der Waals surface area (Å²) in [5.74, 6) is 0. The zero-order chi connectivity index (χ0) is 14.4. The summed E-state index contributed by atoms with van der Waals surface area (Å²) in [5.41, 5.74) is 0.871. The summed E-state index contributed by atoms with van der Waals surface area (Å²) in [4.78, 5) is 12.0. The van der Waals surface area contributed by atoms with Crippen LogP contribution in [0, 0.1) is 0 Å². The van der Waals surface area contributed by atoms with Gasteiger partial charge in [-0.3, -0.25) is 0 Å². The second-order valence-corrected chi connectivity index (χ2v) is 5.71. The molecule has 1 aromatic carbocycles. The lowest BCUT2D eigenvalue weighted by Crippen LogP contribution is -2.37. The van der Waals surface area contributed by atoms with E-state index in [9.17, 15) is 4.79 Å². The van der Waals surface area contributed by atoms with E-state index in [1.807, 2.05) is 31.2 Å². The number of hydrogen-bond donors (Lipinski definition) is 1. The maximum atomic E-state index is 12.0. The van der Waals surface area contributed by atoms with E-state index in [1.54, 1.807) is 0 Å². The average molecular weight is 296 g/mol. The van der Waals surface area contributed by atoms with Crippen molar-refractivity contribution in [1.29, 1.82) is 0 Å². The van der Waals surface area contributed by atoms with Crippen LogP contribution in [0.2, 0.25) is 5.02 Å². The first kappa shape index (κ1) is 15.2. The van der Waals surface area contributed by atoms with Crippen LogP contribution in [0.4, 0.5) is 4.79 Å². The van der Waals surface area contributed by atoms with Crippen molar-refractivity contribution in [3.05, 3.63) is 34.9 Å². The number of benzene rings is 1. The van der Waals surface area contributed by atoms with Crippen molar-refractivity contribution >= 4 is 17.7 Å². The average Bonchev–Trinajstić information content (AvgIpc) is 2.46. The Kier molecular flexibility index (Phi) is 5.72. The van der Waals surface area contributed by atoms with Crippen LogP contribution in [0.15, 0.2) is 24.3 Å². The van der Waals surface area contributed by atoms with Gasteiger partial charge in [-0.1, -0.05) is 56.0 Å². The van der Waals surface area contributed by atoms with E-state index in [4.69, 9.17) is 16.3 Å². The molecule has 1 saturated carbocycles. The smallest absolute Gasteiger partial charge is 0.407 e. The van der Waals surface area contributed by atoms with Crippen LogP contribution in [-0.2, 0) is 4.74 Å². The lowest BCUT2D eigenvalue weighted by atomic mass is 9.96. The number of hydrogen-bond acceptors (Lipinski definition) is 2. The van der Waals surface area contributed by atoms with Crippen LogP contribution in [0.25, 0.3) is 0 Å². The molecule has 110 valence electrons. The van der Waals surface area contributed by atoms with Crippen molar-refractivity contribution in [2.24, 2.45) is 0 Å². The molecule has 1 fully saturated rings. The standard InChI is InChI=1S/C16H22ClNO2/c1-2-15(13-10-6-7-11-14(13)17)20-16(19)18-12-8-4-3-5-9-12/h6-7,10-12,15H,2-5,8-9H2,1H3,(H,18,19). The van der Waals surface area contributed by atoms with Crippen LogP contribution in [-0.4, -0.2) is 12.1 Å². The molecule has 2 rings (SSSR count). The third-order valence-corrected chi connectivity index (χ3v) is 4.14. The fourth-order valence-electron chi connectivity index (χ4n) is 2.68. The third-order valence-electron chi connectivity index (χ3n) is 3.80. The van der Waals surface area contributed by atoms with Crippen molar-refractivity contribution in [3.63, 3.8) is 0 Å². The number of rotatable bonds is 4. The van der Waals surface area contributed by atoms with Crippen molar-refractivity contribution < 1.29 is 9.53 Å². The molecule has 4 heteroatoms. The Morgan fingerprint density at radius 1 is 1.35 bits per heavy atom. The molecule has 1 atom stereocenters. The topological polar surface area (TPSA) is 38.3 Å². The molecule has 0 heterocycles. The highest BCUT2D eigenvalue weighted by atomic mass is 35.5. The highest BCUT2D eigenvalue weighted by Gasteiger charge is 2.20. The summed E-state index contributed by atoms with van der Waals surface area (Å²) in [6, 6.07) is 7.78. The Bertz CT molecular complexity index is 444. The van der Waals surface area contributed by atoms with E-state index < -0.39 is 0 Å². The Balaban J connectivity index is 1.92. The predicted molar refractivity (Wildman–Crippen MR) is 81.0 cm³/mol. The Hall–Kier alpha value is -1.22. The molecular formula is C16H22ClNO2. The molecular weight excluding hydrogens is 274 g/mol. The molecule has 1 aliphatic rings. The van der Waals surface area contributed by atoms with Crippen molar-refractivity contribution in [2.75, 3.05) is 0 Å². The van der Waals surface area contributed by atoms with Crippen LogP contribution in [0.5, 0.6) is 0 Å². The molecule has 1 aliphatic carbocycles. The van der Waals surface area contributed by atoms with Gasteiger partial charge in [0.05, 0.1) is 0 Å². The molecule has 0 radical (unpaired) electrons. The summed E-state index contributed by atoms with van der Waals surface area (Å²) in [5, 5.41) is 3.61. The highest BCUT2D eigenvalue weighted by Crippen LogP contribution is 2.28. The molecule has 0 spiro atoms. The zero-order valence-electron chi connectivity index (χ0n) is 11.9. The molecule has 1 amide bonds. The summed E-state index contributed by atoms with van der Waals surface area (Å²) in [7, 11) is 0. The van der Waals surface area contributed by atoms with Crippen LogP contribution < -0.4 is 5.32 Å². The number of carbonyl (C=O) groups is 1. The number of ether oxygens (including phenoxy) is 1. The summed E-state index contributed by atoms with van der Waals surface area (Å²) in [6.45, 7) is 1.99. The van der Waals surface area contributed by atoms with Crippen molar-refractivity contribution in [2.45, 2.75) is 57.6 Å². The van der Waals surface area contributed by atoms with E-state index in [1.165, 1.54) is 19.3 Å². The van der Waals surface area contributed by atoms with Gasteiger partial charge in [-0.25, -0.2) is 4.79 Å². The van der Waals surface area contributed by atoms with Crippen LogP contribution >= 0.6 is 11.6 Å². The number of nitrogens with one attached hydrogen (secondary N) is 1. The first-order chi connectivity index (χ1) is 9.70. The molecule has 20 heavy (non-hydrogen) atoms. The summed E-state index contributed by atoms with van der Waals surface area (Å²) in [6.07, 6.45) is 5.85. The van der Waals surface area contributed by atoms with Gasteiger partial charge in [0.2, 0.25) is 0 Å². The molecule has 1 aromatic rings. The monoisotopic (exact) mass is 295 g/mol. The normalized spacial score (nSPS) is 17.5. The minimum atomic E-state index is -0.330. The van der Waals surface area contributed by atoms with Gasteiger partial charge < -0.3 is 10.1 Å².